The van der Waals surface area contributed by atoms with Gasteiger partial charge in [0.25, 0.3) is 0 Å². The van der Waals surface area contributed by atoms with Gasteiger partial charge in [0.15, 0.2) is 5.76 Å². The number of rotatable bonds is 6. The third-order valence-corrected chi connectivity index (χ3v) is 6.10. The molecule has 0 aliphatic heterocycles. The summed E-state index contributed by atoms with van der Waals surface area (Å²) in [5.74, 6) is 0.525. The molecule has 0 atom stereocenters. The molecule has 3 aromatic carbocycles. The van der Waals surface area contributed by atoms with E-state index in [1.165, 1.54) is 3.57 Å². The van der Waals surface area contributed by atoms with E-state index >= 15 is 0 Å². The lowest BCUT2D eigenvalue weighted by molar-refractivity contribution is 0.0929. The molecule has 4 aromatic rings. The number of furan rings is 1. The third kappa shape index (κ3) is 5.75. The van der Waals surface area contributed by atoms with Crippen LogP contribution in [0.3, 0.4) is 0 Å². The summed E-state index contributed by atoms with van der Waals surface area (Å²) in [6, 6.07) is 21.1. The monoisotopic (exact) mass is 652 g/mol. The first-order valence-corrected chi connectivity index (χ1v) is 11.8. The van der Waals surface area contributed by atoms with Crippen LogP contribution in [-0.2, 0) is 6.61 Å². The number of nitrogens with one attached hydrogen (secondary N) is 1. The van der Waals surface area contributed by atoms with Crippen molar-refractivity contribution in [3.63, 3.8) is 0 Å². The zero-order chi connectivity index (χ0) is 21.8. The van der Waals surface area contributed by atoms with Crippen LogP contribution in [0.25, 0.3) is 11.0 Å². The topological polar surface area (TPSA) is 63.8 Å². The third-order valence-electron chi connectivity index (χ3n) is 4.34. The Hall–Kier alpha value is -2.17. The quantitative estimate of drug-likeness (QED) is 0.140. The first-order valence-electron chi connectivity index (χ1n) is 9.17. The molecule has 0 fully saturated rings. The van der Waals surface area contributed by atoms with Crippen molar-refractivity contribution in [2.75, 3.05) is 0 Å². The summed E-state index contributed by atoms with van der Waals surface area (Å²) in [4.78, 5) is 12.3. The highest BCUT2D eigenvalue weighted by molar-refractivity contribution is 14.1. The van der Waals surface area contributed by atoms with Gasteiger partial charge in [-0.1, -0.05) is 28.1 Å². The second-order valence-corrected chi connectivity index (χ2v) is 9.62. The van der Waals surface area contributed by atoms with Crippen LogP contribution in [0.2, 0.25) is 0 Å². The summed E-state index contributed by atoms with van der Waals surface area (Å²) in [6.45, 7) is 0.505. The van der Waals surface area contributed by atoms with Crippen LogP contribution >= 0.6 is 54.5 Å². The van der Waals surface area contributed by atoms with Crippen LogP contribution in [0.5, 0.6) is 5.75 Å². The first-order chi connectivity index (χ1) is 15.0. The number of amides is 1. The van der Waals surface area contributed by atoms with Gasteiger partial charge in [-0.05, 0) is 104 Å². The fraction of sp³-hybridized carbons (Fsp3) is 0.0435. The largest absolute Gasteiger partial charge is 0.489 e. The van der Waals surface area contributed by atoms with Gasteiger partial charge in [-0.15, -0.1) is 0 Å². The number of hydrazone groups is 1. The molecular formula is C23H15Br2IN2O3. The molecule has 4 rings (SSSR count). The Kier molecular flexibility index (Phi) is 7.09. The lowest BCUT2D eigenvalue weighted by Crippen LogP contribution is -2.16. The SMILES string of the molecule is O=C(N/N=C\c1ccc(OCc2ccc(I)cc2)cc1)c1cc2cc(Br)cc(Br)c2o1. The highest BCUT2D eigenvalue weighted by Crippen LogP contribution is 2.30. The average Bonchev–Trinajstić information content (AvgIpc) is 3.19. The van der Waals surface area contributed by atoms with Crippen molar-refractivity contribution in [3.8, 4) is 5.75 Å². The molecule has 8 heteroatoms. The molecule has 1 aromatic heterocycles. The smallest absolute Gasteiger partial charge is 0.307 e. The molecule has 5 nitrogen and oxygen atoms in total. The summed E-state index contributed by atoms with van der Waals surface area (Å²) in [6.07, 6.45) is 1.57. The molecule has 0 aliphatic rings. The van der Waals surface area contributed by atoms with E-state index in [1.54, 1.807) is 12.3 Å². The highest BCUT2D eigenvalue weighted by atomic mass is 127. The Labute approximate surface area is 209 Å². The molecule has 1 heterocycles. The molecule has 0 unspecified atom stereocenters. The molecule has 31 heavy (non-hydrogen) atoms. The summed E-state index contributed by atoms with van der Waals surface area (Å²) < 4.78 is 14.3. The van der Waals surface area contributed by atoms with Crippen molar-refractivity contribution in [2.24, 2.45) is 5.10 Å². The number of hydrogen-bond acceptors (Lipinski definition) is 4. The Bertz CT molecular complexity index is 1250. The van der Waals surface area contributed by atoms with Crippen LogP contribution in [0.1, 0.15) is 21.7 Å². The van der Waals surface area contributed by atoms with E-state index in [2.05, 4.69) is 77.1 Å². The lowest BCUT2D eigenvalue weighted by Gasteiger charge is -2.06. The van der Waals surface area contributed by atoms with Crippen LogP contribution in [0, 0.1) is 3.57 Å². The zero-order valence-corrected chi connectivity index (χ0v) is 21.3. The minimum atomic E-state index is -0.423. The van der Waals surface area contributed by atoms with Gasteiger partial charge >= 0.3 is 5.91 Å². The van der Waals surface area contributed by atoms with Crippen molar-refractivity contribution < 1.29 is 13.9 Å². The Balaban J connectivity index is 1.34. The molecule has 0 spiro atoms. The molecule has 0 radical (unpaired) electrons. The maximum Gasteiger partial charge on any atom is 0.307 e. The Morgan fingerprint density at radius 2 is 1.81 bits per heavy atom. The molecular weight excluding hydrogens is 639 g/mol. The standard InChI is InChI=1S/C23H15Br2IN2O3/c24-17-9-16-10-21(31-22(16)20(25)11-17)23(29)28-27-12-14-3-7-19(8-4-14)30-13-15-1-5-18(26)6-2-15/h1-12H,13H2,(H,28,29)/b27-12-. The number of hydrogen-bond donors (Lipinski definition) is 1. The van der Waals surface area contributed by atoms with Gasteiger partial charge in [0, 0.05) is 13.4 Å². The number of halogens is 3. The number of fused-ring (bicyclic) bond motifs is 1. The number of carbonyl (C=O) groups excluding carboxylic acids is 1. The average molecular weight is 654 g/mol. The fourth-order valence-electron chi connectivity index (χ4n) is 2.81. The van der Waals surface area contributed by atoms with Crippen molar-refractivity contribution >= 4 is 77.5 Å². The van der Waals surface area contributed by atoms with Gasteiger partial charge in [0.05, 0.1) is 10.7 Å². The van der Waals surface area contributed by atoms with Crippen LogP contribution in [-0.4, -0.2) is 12.1 Å². The van der Waals surface area contributed by atoms with Crippen molar-refractivity contribution in [2.45, 2.75) is 6.61 Å². The Morgan fingerprint density at radius 1 is 1.06 bits per heavy atom. The van der Waals surface area contributed by atoms with Gasteiger partial charge in [-0.2, -0.15) is 5.10 Å². The van der Waals surface area contributed by atoms with E-state index < -0.39 is 5.91 Å². The number of benzene rings is 3. The summed E-state index contributed by atoms with van der Waals surface area (Å²) in [5, 5.41) is 4.83. The molecule has 1 amide bonds. The summed E-state index contributed by atoms with van der Waals surface area (Å²) in [7, 11) is 0. The van der Waals surface area contributed by atoms with Crippen LogP contribution < -0.4 is 10.2 Å². The fourth-order valence-corrected chi connectivity index (χ4v) is 4.50. The van der Waals surface area contributed by atoms with Gasteiger partial charge < -0.3 is 9.15 Å². The molecule has 0 saturated heterocycles. The van der Waals surface area contributed by atoms with E-state index in [0.717, 1.165) is 31.2 Å². The van der Waals surface area contributed by atoms with Crippen molar-refractivity contribution in [1.82, 2.24) is 5.43 Å². The molecule has 0 bridgehead atoms. The van der Waals surface area contributed by atoms with E-state index in [1.807, 2.05) is 48.5 Å². The second kappa shape index (κ2) is 9.97. The van der Waals surface area contributed by atoms with Gasteiger partial charge in [0.2, 0.25) is 0 Å². The molecule has 1 N–H and O–H groups in total. The molecule has 0 aliphatic carbocycles. The van der Waals surface area contributed by atoms with Crippen LogP contribution in [0.15, 0.2) is 85.2 Å². The van der Waals surface area contributed by atoms with E-state index in [9.17, 15) is 4.79 Å². The van der Waals surface area contributed by atoms with E-state index in [0.29, 0.717) is 12.2 Å². The summed E-state index contributed by atoms with van der Waals surface area (Å²) in [5.41, 5.74) is 5.04. The van der Waals surface area contributed by atoms with Gasteiger partial charge in [-0.3, -0.25) is 4.79 Å². The van der Waals surface area contributed by atoms with E-state index in [4.69, 9.17) is 9.15 Å². The van der Waals surface area contributed by atoms with Gasteiger partial charge in [0.1, 0.15) is 17.9 Å². The zero-order valence-electron chi connectivity index (χ0n) is 15.9. The van der Waals surface area contributed by atoms with Crippen LogP contribution in [0.4, 0.5) is 0 Å². The predicted molar refractivity (Wildman–Crippen MR) is 137 cm³/mol. The maximum atomic E-state index is 12.3. The summed E-state index contributed by atoms with van der Waals surface area (Å²) >= 11 is 9.13. The second-order valence-electron chi connectivity index (χ2n) is 6.60. The molecule has 0 saturated carbocycles. The van der Waals surface area contributed by atoms with Gasteiger partial charge in [-0.25, -0.2) is 5.43 Å². The first kappa shape index (κ1) is 22.0. The minimum absolute atomic E-state index is 0.185. The maximum absolute atomic E-state index is 12.3. The van der Waals surface area contributed by atoms with Crippen molar-refractivity contribution in [3.05, 3.63) is 96.1 Å². The number of nitrogens with zero attached hydrogens (tertiary/aromatic N) is 1. The number of carbonyl (C=O) groups is 1. The predicted octanol–water partition coefficient (Wildman–Crippen LogP) is 6.91. The minimum Gasteiger partial charge on any atom is -0.489 e. The van der Waals surface area contributed by atoms with E-state index in [-0.39, 0.29) is 5.76 Å². The Morgan fingerprint density at radius 3 is 2.55 bits per heavy atom. The highest BCUT2D eigenvalue weighted by Gasteiger charge is 2.14. The van der Waals surface area contributed by atoms with Crippen molar-refractivity contribution in [1.29, 1.82) is 0 Å². The molecule has 156 valence electrons. The lowest BCUT2D eigenvalue weighted by atomic mass is 10.2. The normalized spacial score (nSPS) is 11.2. The number of ether oxygens (including phenoxy) is 1.